The minimum atomic E-state index is -1.50. The van der Waals surface area contributed by atoms with Crippen LogP contribution in [0.5, 0.6) is 0 Å². The van der Waals surface area contributed by atoms with Crippen molar-refractivity contribution in [3.05, 3.63) is 71.8 Å². The van der Waals surface area contributed by atoms with E-state index < -0.39 is 5.60 Å². The summed E-state index contributed by atoms with van der Waals surface area (Å²) >= 11 is 0. The molecule has 2 N–H and O–H groups in total. The van der Waals surface area contributed by atoms with Gasteiger partial charge in [-0.3, -0.25) is 4.79 Å². The Labute approximate surface area is 156 Å². The van der Waals surface area contributed by atoms with Gasteiger partial charge in [-0.25, -0.2) is 0 Å². The average molecular weight is 354 g/mol. The summed E-state index contributed by atoms with van der Waals surface area (Å²) in [4.78, 5) is 14.9. The van der Waals surface area contributed by atoms with Crippen molar-refractivity contribution in [2.24, 2.45) is 5.92 Å². The number of carbonyl (C=O) groups is 1. The molecule has 1 atom stereocenters. The fourth-order valence-corrected chi connectivity index (χ4v) is 3.08. The minimum Gasteiger partial charge on any atom is -0.375 e. The molecule has 0 aliphatic carbocycles. The second kappa shape index (κ2) is 9.51. The normalized spacial score (nSPS) is 13.6. The van der Waals surface area contributed by atoms with Gasteiger partial charge in [-0.2, -0.15) is 0 Å². The van der Waals surface area contributed by atoms with E-state index in [2.05, 4.69) is 29.4 Å². The van der Waals surface area contributed by atoms with Gasteiger partial charge in [0.1, 0.15) is 0 Å². The summed E-state index contributed by atoms with van der Waals surface area (Å²) in [6.07, 6.45) is 0.831. The molecule has 0 heterocycles. The summed E-state index contributed by atoms with van der Waals surface area (Å²) in [5, 5.41) is 13.9. The van der Waals surface area contributed by atoms with Crippen molar-refractivity contribution in [2.75, 3.05) is 20.1 Å². The maximum atomic E-state index is 12.7. The number of hydrogen-bond donors (Lipinski definition) is 2. The Kier molecular flexibility index (Phi) is 7.37. The average Bonchev–Trinajstić information content (AvgIpc) is 2.65. The van der Waals surface area contributed by atoms with Crippen LogP contribution in [0.1, 0.15) is 31.4 Å². The van der Waals surface area contributed by atoms with Crippen molar-refractivity contribution in [1.29, 1.82) is 0 Å². The number of hydrogen-bond acceptors (Lipinski definition) is 3. The molecule has 0 unspecified atom stereocenters. The van der Waals surface area contributed by atoms with Gasteiger partial charge < -0.3 is 15.3 Å². The molecule has 0 aliphatic heterocycles. The highest BCUT2D eigenvalue weighted by Gasteiger charge is 2.40. The molecule has 26 heavy (non-hydrogen) atoms. The maximum Gasteiger partial charge on any atom is 0.256 e. The molecule has 0 radical (unpaired) electrons. The summed E-state index contributed by atoms with van der Waals surface area (Å²) < 4.78 is 0. The Morgan fingerprint density at radius 1 is 1.08 bits per heavy atom. The van der Waals surface area contributed by atoms with Crippen LogP contribution in [-0.2, 0) is 16.9 Å². The molecule has 0 bridgehead atoms. The van der Waals surface area contributed by atoms with Crippen LogP contribution >= 0.6 is 0 Å². The minimum absolute atomic E-state index is 0.217. The van der Waals surface area contributed by atoms with Crippen LogP contribution in [0.4, 0.5) is 0 Å². The first-order chi connectivity index (χ1) is 12.4. The van der Waals surface area contributed by atoms with E-state index in [4.69, 9.17) is 0 Å². The molecule has 0 fully saturated rings. The van der Waals surface area contributed by atoms with Crippen LogP contribution in [0.25, 0.3) is 0 Å². The van der Waals surface area contributed by atoms with Gasteiger partial charge in [-0.05, 0) is 37.1 Å². The van der Waals surface area contributed by atoms with Crippen molar-refractivity contribution >= 4 is 5.91 Å². The van der Waals surface area contributed by atoms with Crippen LogP contribution in [-0.4, -0.2) is 36.1 Å². The van der Waals surface area contributed by atoms with Gasteiger partial charge in [-0.15, -0.1) is 0 Å². The molecule has 2 rings (SSSR count). The van der Waals surface area contributed by atoms with Crippen molar-refractivity contribution < 1.29 is 9.90 Å². The first kappa shape index (κ1) is 20.1. The van der Waals surface area contributed by atoms with Gasteiger partial charge in [0.05, 0.1) is 0 Å². The summed E-state index contributed by atoms with van der Waals surface area (Å²) in [6.45, 7) is 6.02. The van der Waals surface area contributed by atoms with E-state index in [0.29, 0.717) is 12.1 Å². The Morgan fingerprint density at radius 2 is 1.65 bits per heavy atom. The predicted octanol–water partition coefficient (Wildman–Crippen LogP) is 3.17. The van der Waals surface area contributed by atoms with E-state index in [-0.39, 0.29) is 11.8 Å². The van der Waals surface area contributed by atoms with E-state index in [9.17, 15) is 9.90 Å². The summed E-state index contributed by atoms with van der Waals surface area (Å²) in [5.41, 5.74) is 0.406. The number of amides is 1. The quantitative estimate of drug-likeness (QED) is 0.680. The lowest BCUT2D eigenvalue weighted by molar-refractivity contribution is -0.146. The molecular weight excluding hydrogens is 324 g/mol. The van der Waals surface area contributed by atoms with Gasteiger partial charge in [0.15, 0.2) is 5.60 Å². The first-order valence-corrected chi connectivity index (χ1v) is 9.23. The SMILES string of the molecule is CC(C)[C@](O)(C(=O)NCCCN(C)Cc1ccccc1)c1ccccc1. The molecule has 1 amide bonds. The lowest BCUT2D eigenvalue weighted by atomic mass is 9.82. The summed E-state index contributed by atoms with van der Waals surface area (Å²) in [5.74, 6) is -0.546. The predicted molar refractivity (Wildman–Crippen MR) is 106 cm³/mol. The van der Waals surface area contributed by atoms with Crippen molar-refractivity contribution in [3.8, 4) is 0 Å². The number of carbonyl (C=O) groups excluding carboxylic acids is 1. The number of rotatable bonds is 9. The van der Waals surface area contributed by atoms with Crippen LogP contribution in [0, 0.1) is 5.92 Å². The van der Waals surface area contributed by atoms with Gasteiger partial charge in [0.2, 0.25) is 0 Å². The number of benzene rings is 2. The molecule has 2 aromatic rings. The molecule has 2 aromatic carbocycles. The lowest BCUT2D eigenvalue weighted by Crippen LogP contribution is -2.48. The Morgan fingerprint density at radius 3 is 2.23 bits per heavy atom. The fourth-order valence-electron chi connectivity index (χ4n) is 3.08. The van der Waals surface area contributed by atoms with E-state index >= 15 is 0 Å². The van der Waals surface area contributed by atoms with Crippen LogP contribution < -0.4 is 5.32 Å². The van der Waals surface area contributed by atoms with Crippen LogP contribution in [0.3, 0.4) is 0 Å². The second-order valence-electron chi connectivity index (χ2n) is 7.12. The van der Waals surface area contributed by atoms with Crippen molar-refractivity contribution in [1.82, 2.24) is 10.2 Å². The smallest absolute Gasteiger partial charge is 0.256 e. The second-order valence-corrected chi connectivity index (χ2v) is 7.12. The standard InChI is InChI=1S/C22H30N2O2/c1-18(2)22(26,20-13-8-5-9-14-20)21(25)23-15-10-16-24(3)17-19-11-6-4-7-12-19/h4-9,11-14,18,26H,10,15-17H2,1-3H3,(H,23,25)/t22-/m1/s1. The molecule has 0 aromatic heterocycles. The third kappa shape index (κ3) is 5.16. The monoisotopic (exact) mass is 354 g/mol. The lowest BCUT2D eigenvalue weighted by Gasteiger charge is -2.31. The third-order valence-electron chi connectivity index (χ3n) is 4.69. The van der Waals surface area contributed by atoms with Crippen LogP contribution in [0.2, 0.25) is 0 Å². The van der Waals surface area contributed by atoms with E-state index in [0.717, 1.165) is 19.5 Å². The zero-order chi connectivity index (χ0) is 19.0. The Hall–Kier alpha value is -2.17. The molecule has 140 valence electrons. The first-order valence-electron chi connectivity index (χ1n) is 9.23. The van der Waals surface area contributed by atoms with Crippen molar-refractivity contribution in [3.63, 3.8) is 0 Å². The van der Waals surface area contributed by atoms with Crippen molar-refractivity contribution in [2.45, 2.75) is 32.4 Å². The molecule has 0 saturated carbocycles. The molecule has 4 nitrogen and oxygen atoms in total. The van der Waals surface area contributed by atoms with Gasteiger partial charge in [-0.1, -0.05) is 74.5 Å². The number of aliphatic hydroxyl groups is 1. The zero-order valence-electron chi connectivity index (χ0n) is 16.0. The summed E-state index contributed by atoms with van der Waals surface area (Å²) in [6, 6.07) is 19.5. The van der Waals surface area contributed by atoms with E-state index in [1.54, 1.807) is 12.1 Å². The number of nitrogens with zero attached hydrogens (tertiary/aromatic N) is 1. The van der Waals surface area contributed by atoms with Gasteiger partial charge in [0.25, 0.3) is 5.91 Å². The molecule has 0 saturated heterocycles. The topological polar surface area (TPSA) is 52.6 Å². The Balaban J connectivity index is 1.83. The molecule has 4 heteroatoms. The van der Waals surface area contributed by atoms with Gasteiger partial charge >= 0.3 is 0 Å². The molecular formula is C22H30N2O2. The highest BCUT2D eigenvalue weighted by molar-refractivity contribution is 5.86. The Bertz CT molecular complexity index is 673. The van der Waals surface area contributed by atoms with E-state index in [1.165, 1.54) is 5.56 Å². The molecule has 0 aliphatic rings. The fraction of sp³-hybridized carbons (Fsp3) is 0.409. The third-order valence-corrected chi connectivity index (χ3v) is 4.69. The summed E-state index contributed by atoms with van der Waals surface area (Å²) in [7, 11) is 2.07. The van der Waals surface area contributed by atoms with Gasteiger partial charge in [0, 0.05) is 13.1 Å². The zero-order valence-corrected chi connectivity index (χ0v) is 16.0. The number of nitrogens with one attached hydrogen (secondary N) is 1. The van der Waals surface area contributed by atoms with E-state index in [1.807, 2.05) is 50.2 Å². The van der Waals surface area contributed by atoms with Crippen LogP contribution in [0.15, 0.2) is 60.7 Å². The highest BCUT2D eigenvalue weighted by Crippen LogP contribution is 2.29. The highest BCUT2D eigenvalue weighted by atomic mass is 16.3. The molecule has 0 spiro atoms. The largest absolute Gasteiger partial charge is 0.375 e. The maximum absolute atomic E-state index is 12.7.